The molecule has 1 fully saturated rings. The van der Waals surface area contributed by atoms with Gasteiger partial charge < -0.3 is 16.1 Å². The molecule has 210 valence electrons. The number of nitriles is 1. The number of rotatable bonds is 9. The Kier molecular flexibility index (Phi) is 7.39. The number of fused-ring (bicyclic) bond motifs is 1. The van der Waals surface area contributed by atoms with Gasteiger partial charge in [0.25, 0.3) is 0 Å². The van der Waals surface area contributed by atoms with Crippen LogP contribution in [-0.2, 0) is 5.44 Å². The summed E-state index contributed by atoms with van der Waals surface area (Å²) in [6, 6.07) is 18.2. The van der Waals surface area contributed by atoms with Gasteiger partial charge in [0.15, 0.2) is 0 Å². The van der Waals surface area contributed by atoms with Crippen LogP contribution in [0.25, 0.3) is 10.9 Å². The molecule has 0 bridgehead atoms. The van der Waals surface area contributed by atoms with Crippen LogP contribution in [0.4, 0.5) is 20.2 Å². The fraction of sp³-hybridized carbons (Fsp3) is 0.226. The Morgan fingerprint density at radius 3 is 2.64 bits per heavy atom. The van der Waals surface area contributed by atoms with E-state index in [4.69, 9.17) is 19.4 Å². The van der Waals surface area contributed by atoms with Gasteiger partial charge in [0.05, 0.1) is 39.0 Å². The number of benzene rings is 3. The summed E-state index contributed by atoms with van der Waals surface area (Å²) >= 11 is 6.76. The van der Waals surface area contributed by atoms with Crippen LogP contribution in [0.1, 0.15) is 48.9 Å². The van der Waals surface area contributed by atoms with E-state index in [0.29, 0.717) is 56.6 Å². The monoisotopic (exact) mass is 581 g/mol. The molecule has 2 radical (unpaired) electrons. The van der Waals surface area contributed by atoms with Crippen molar-refractivity contribution in [2.45, 2.75) is 43.7 Å². The molecule has 1 unspecified atom stereocenters. The zero-order valence-corrected chi connectivity index (χ0v) is 23.5. The quantitative estimate of drug-likeness (QED) is 0.171. The molecule has 0 amide bonds. The van der Waals surface area contributed by atoms with Gasteiger partial charge in [-0.3, -0.25) is 9.99 Å². The number of anilines is 2. The van der Waals surface area contributed by atoms with Gasteiger partial charge in [0.1, 0.15) is 25.5 Å². The molecule has 1 aliphatic heterocycles. The Morgan fingerprint density at radius 1 is 1.17 bits per heavy atom. The fourth-order valence-electron chi connectivity index (χ4n) is 5.20. The Hall–Kier alpha value is -4.33. The van der Waals surface area contributed by atoms with Gasteiger partial charge in [0.2, 0.25) is 0 Å². The molecule has 1 aromatic heterocycles. The first-order valence-electron chi connectivity index (χ1n) is 13.7. The Morgan fingerprint density at radius 2 is 1.95 bits per heavy atom. The highest BCUT2D eigenvalue weighted by atomic mass is 35.5. The van der Waals surface area contributed by atoms with E-state index in [-0.39, 0.29) is 17.7 Å². The average Bonchev–Trinajstić information content (AvgIpc) is 3.71. The van der Waals surface area contributed by atoms with E-state index < -0.39 is 5.44 Å². The largest absolute Gasteiger partial charge is 0.378 e. The van der Waals surface area contributed by atoms with Crippen LogP contribution >= 0.6 is 11.6 Å². The van der Waals surface area contributed by atoms with Crippen molar-refractivity contribution in [2.24, 2.45) is 0 Å². The first-order chi connectivity index (χ1) is 20.3. The SMILES string of the molecule is [B]C(Nc1cc(Cl)c2ncc(C#N)c(N[C@H](CC)c3cccc(F)c3)c2c1)(C1=CN(C2CC2)NN1)c1ccc(F)cc1. The Labute approximate surface area is 248 Å². The molecule has 4 aromatic rings. The summed E-state index contributed by atoms with van der Waals surface area (Å²) < 4.78 is 27.9. The summed E-state index contributed by atoms with van der Waals surface area (Å²) in [5.74, 6) is -0.720. The van der Waals surface area contributed by atoms with Gasteiger partial charge in [0, 0.05) is 29.5 Å². The third kappa shape index (κ3) is 5.33. The molecule has 2 aliphatic rings. The van der Waals surface area contributed by atoms with Gasteiger partial charge in [-0.2, -0.15) is 5.26 Å². The summed E-state index contributed by atoms with van der Waals surface area (Å²) in [5, 5.41) is 19.7. The van der Waals surface area contributed by atoms with Crippen molar-refractivity contribution in [3.05, 3.63) is 112 Å². The van der Waals surface area contributed by atoms with Crippen molar-refractivity contribution in [3.8, 4) is 6.07 Å². The number of nitrogens with one attached hydrogen (secondary N) is 4. The maximum absolute atomic E-state index is 14.1. The van der Waals surface area contributed by atoms with Crippen molar-refractivity contribution >= 4 is 41.7 Å². The number of hydrogen-bond donors (Lipinski definition) is 4. The first-order valence-corrected chi connectivity index (χ1v) is 14.1. The topological polar surface area (TPSA) is 88.0 Å². The van der Waals surface area contributed by atoms with E-state index in [9.17, 15) is 14.0 Å². The summed E-state index contributed by atoms with van der Waals surface area (Å²) in [6.07, 6.45) is 6.14. The minimum Gasteiger partial charge on any atom is -0.378 e. The van der Waals surface area contributed by atoms with E-state index in [2.05, 4.69) is 32.6 Å². The summed E-state index contributed by atoms with van der Waals surface area (Å²) in [5.41, 5.74) is 8.84. The van der Waals surface area contributed by atoms with Gasteiger partial charge in [-0.25, -0.2) is 8.78 Å². The molecule has 7 nitrogen and oxygen atoms in total. The molecule has 2 heterocycles. The number of halogens is 3. The van der Waals surface area contributed by atoms with Crippen LogP contribution in [-0.4, -0.2) is 23.9 Å². The van der Waals surface area contributed by atoms with Crippen LogP contribution in [0.2, 0.25) is 5.02 Å². The molecular weight excluding hydrogens is 555 g/mol. The average molecular weight is 582 g/mol. The predicted octanol–water partition coefficient (Wildman–Crippen LogP) is 6.36. The first kappa shape index (κ1) is 27.8. The standard InChI is InChI=1S/C31H27BClF2N7/c1-2-27(18-4-3-5-22(35)12-18)38-29-19(15-36)16-37-30-25(29)13-23(14-26(30)33)39-31(32,20-6-8-21(34)9-7-20)28-17-42(41-40-28)24-10-11-24/h3-9,12-14,16-17,24,27,39-41H,2,10-11H2,1H3,(H,37,38)/t27-,31?/m1/s1. The Bertz CT molecular complexity index is 1720. The molecule has 0 saturated heterocycles. The van der Waals surface area contributed by atoms with Crippen molar-refractivity contribution in [3.63, 3.8) is 0 Å². The number of pyridine rings is 1. The number of nitrogens with zero attached hydrogens (tertiary/aromatic N) is 3. The van der Waals surface area contributed by atoms with E-state index in [1.54, 1.807) is 24.3 Å². The normalized spacial score (nSPS) is 16.7. The summed E-state index contributed by atoms with van der Waals surface area (Å²) in [7, 11) is 7.08. The molecule has 4 N–H and O–H groups in total. The summed E-state index contributed by atoms with van der Waals surface area (Å²) in [4.78, 5) is 4.46. The van der Waals surface area contributed by atoms with Gasteiger partial charge >= 0.3 is 0 Å². The van der Waals surface area contributed by atoms with Gasteiger partial charge in [-0.1, -0.05) is 42.8 Å². The van der Waals surface area contributed by atoms with E-state index in [1.807, 2.05) is 30.3 Å². The highest BCUT2D eigenvalue weighted by Gasteiger charge is 2.37. The van der Waals surface area contributed by atoms with Crippen LogP contribution in [0.3, 0.4) is 0 Å². The fourth-order valence-corrected chi connectivity index (χ4v) is 5.47. The van der Waals surface area contributed by atoms with Crippen LogP contribution in [0, 0.1) is 23.0 Å². The van der Waals surface area contributed by atoms with E-state index in [1.165, 1.54) is 30.5 Å². The Balaban J connectivity index is 1.44. The second-order valence-corrected chi connectivity index (χ2v) is 10.9. The van der Waals surface area contributed by atoms with Crippen molar-refractivity contribution in [1.82, 2.24) is 21.0 Å². The van der Waals surface area contributed by atoms with Crippen molar-refractivity contribution in [1.29, 1.82) is 5.26 Å². The highest BCUT2D eigenvalue weighted by molar-refractivity contribution is 6.36. The zero-order valence-electron chi connectivity index (χ0n) is 22.8. The highest BCUT2D eigenvalue weighted by Crippen LogP contribution is 2.39. The number of hydrazine groups is 2. The predicted molar refractivity (Wildman–Crippen MR) is 161 cm³/mol. The molecule has 2 atom stereocenters. The molecular formula is C31H27BClF2N7. The van der Waals surface area contributed by atoms with Crippen molar-refractivity contribution in [2.75, 3.05) is 10.6 Å². The zero-order chi connectivity index (χ0) is 29.4. The molecule has 42 heavy (non-hydrogen) atoms. The van der Waals surface area contributed by atoms with Crippen LogP contribution in [0.15, 0.2) is 78.8 Å². The number of aromatic nitrogens is 1. The maximum atomic E-state index is 14.1. The third-order valence-corrected chi connectivity index (χ3v) is 7.91. The lowest BCUT2D eigenvalue weighted by atomic mass is 9.69. The van der Waals surface area contributed by atoms with Gasteiger partial charge in [-0.15, -0.1) is 5.53 Å². The minimum atomic E-state index is -1.32. The lowest BCUT2D eigenvalue weighted by Gasteiger charge is -2.34. The molecule has 1 aliphatic carbocycles. The molecule has 6 rings (SSSR count). The summed E-state index contributed by atoms with van der Waals surface area (Å²) in [6.45, 7) is 1.98. The molecule has 3 aromatic carbocycles. The number of hydrogen-bond acceptors (Lipinski definition) is 7. The maximum Gasteiger partial charge on any atom is 0.123 e. The third-order valence-electron chi connectivity index (χ3n) is 7.62. The molecule has 0 spiro atoms. The van der Waals surface area contributed by atoms with Crippen molar-refractivity contribution < 1.29 is 8.78 Å². The lowest BCUT2D eigenvalue weighted by Crippen LogP contribution is -2.45. The van der Waals surface area contributed by atoms with E-state index >= 15 is 0 Å². The lowest BCUT2D eigenvalue weighted by molar-refractivity contribution is 0.260. The smallest absolute Gasteiger partial charge is 0.123 e. The molecule has 1 saturated carbocycles. The second kappa shape index (κ2) is 11.2. The second-order valence-electron chi connectivity index (χ2n) is 10.5. The van der Waals surface area contributed by atoms with Crippen LogP contribution < -0.4 is 21.6 Å². The minimum absolute atomic E-state index is 0.283. The molecule has 11 heteroatoms. The van der Waals surface area contributed by atoms with E-state index in [0.717, 1.165) is 18.4 Å². The van der Waals surface area contributed by atoms with Crippen LogP contribution in [0.5, 0.6) is 0 Å². The van der Waals surface area contributed by atoms with Gasteiger partial charge in [-0.05, 0) is 66.8 Å².